The summed E-state index contributed by atoms with van der Waals surface area (Å²) >= 11 is 0. The Kier molecular flexibility index (Phi) is 6.48. The number of alkyl halides is 3. The molecule has 0 saturated heterocycles. The number of aryl methyl sites for hydroxylation is 1. The molecule has 10 heteroatoms. The molecule has 2 aliphatic rings. The third kappa shape index (κ3) is 4.78. The molecule has 3 aromatic carbocycles. The fourth-order valence-electron chi connectivity index (χ4n) is 5.55. The molecular formula is C30H26F3N3O4. The van der Waals surface area contributed by atoms with E-state index in [2.05, 4.69) is 10.1 Å². The van der Waals surface area contributed by atoms with E-state index in [1.165, 1.54) is 13.2 Å². The fraction of sp³-hybridized carbons (Fsp3) is 0.300. The van der Waals surface area contributed by atoms with Crippen molar-refractivity contribution in [3.8, 4) is 28.3 Å². The summed E-state index contributed by atoms with van der Waals surface area (Å²) in [7, 11) is 1.35. The highest BCUT2D eigenvalue weighted by Gasteiger charge is 2.38. The molecule has 0 amide bonds. The monoisotopic (exact) mass is 549 g/mol. The van der Waals surface area contributed by atoms with Crippen molar-refractivity contribution in [1.29, 1.82) is 0 Å². The molecule has 40 heavy (non-hydrogen) atoms. The number of benzene rings is 3. The molecule has 2 atom stereocenters. The van der Waals surface area contributed by atoms with Crippen LogP contribution in [0.2, 0.25) is 0 Å². The smallest absolute Gasteiger partial charge is 0.417 e. The number of fused-ring (bicyclic) bond motifs is 2. The van der Waals surface area contributed by atoms with Gasteiger partial charge in [-0.1, -0.05) is 24.3 Å². The number of rotatable bonds is 6. The van der Waals surface area contributed by atoms with Gasteiger partial charge in [-0.05, 0) is 66.3 Å². The summed E-state index contributed by atoms with van der Waals surface area (Å²) in [6.45, 7) is 2.14. The number of nitrogens with zero attached hydrogens (tertiary/aromatic N) is 3. The maximum absolute atomic E-state index is 14.2. The summed E-state index contributed by atoms with van der Waals surface area (Å²) in [5, 5.41) is 4.27. The van der Waals surface area contributed by atoms with E-state index < -0.39 is 17.8 Å². The third-order valence-electron chi connectivity index (χ3n) is 7.47. The van der Waals surface area contributed by atoms with Crippen molar-refractivity contribution < 1.29 is 32.2 Å². The minimum Gasteiger partial charge on any atom is -0.492 e. The fourth-order valence-corrected chi connectivity index (χ4v) is 5.55. The highest BCUT2D eigenvalue weighted by molar-refractivity contribution is 5.75. The third-order valence-corrected chi connectivity index (χ3v) is 7.47. The molecule has 1 unspecified atom stereocenters. The van der Waals surface area contributed by atoms with E-state index in [1.807, 2.05) is 12.1 Å². The first-order valence-electron chi connectivity index (χ1n) is 12.9. The molecule has 2 heterocycles. The van der Waals surface area contributed by atoms with Crippen LogP contribution in [0.25, 0.3) is 16.8 Å². The number of hydrogen-bond donors (Lipinski definition) is 0. The molecule has 7 nitrogen and oxygen atoms in total. The summed E-state index contributed by atoms with van der Waals surface area (Å²) in [5.74, 6) is 1.41. The van der Waals surface area contributed by atoms with Crippen molar-refractivity contribution in [3.05, 3.63) is 89.0 Å². The predicted octanol–water partition coefficient (Wildman–Crippen LogP) is 6.37. The second kappa shape index (κ2) is 10.0. The van der Waals surface area contributed by atoms with Crippen LogP contribution in [0.3, 0.4) is 0 Å². The van der Waals surface area contributed by atoms with Crippen LogP contribution in [-0.2, 0) is 22.1 Å². The normalized spacial score (nSPS) is 17.7. The number of hydrogen-bond acceptors (Lipinski definition) is 6. The van der Waals surface area contributed by atoms with Gasteiger partial charge in [-0.3, -0.25) is 4.79 Å². The van der Waals surface area contributed by atoms with E-state index in [1.54, 1.807) is 48.3 Å². The zero-order valence-corrected chi connectivity index (χ0v) is 21.9. The summed E-state index contributed by atoms with van der Waals surface area (Å²) < 4.78 is 60.9. The molecule has 4 aromatic rings. The Hall–Kier alpha value is -4.34. The molecule has 1 aliphatic heterocycles. The highest BCUT2D eigenvalue weighted by atomic mass is 19.4. The van der Waals surface area contributed by atoms with Crippen molar-refractivity contribution in [3.63, 3.8) is 0 Å². The van der Waals surface area contributed by atoms with Gasteiger partial charge in [0.05, 0.1) is 31.4 Å². The van der Waals surface area contributed by atoms with Gasteiger partial charge in [-0.15, -0.1) is 0 Å². The van der Waals surface area contributed by atoms with Gasteiger partial charge in [0.1, 0.15) is 29.8 Å². The molecule has 0 saturated carbocycles. The standard InChI is InChI=1S/C30H26F3N3O4/c1-17-34-16-36(35-17)20-5-3-18(4-6-20)29-24-10-12-26(23(24)9-11-25(29)30(31,32)33)40-21-7-8-22-19(13-28(37)38-2)15-39-27(22)14-21/h3-9,11,14,16,19,26H,10,12-13,15H2,1-2H3/t19?,26-/m1/s1. The van der Waals surface area contributed by atoms with Crippen LogP contribution in [-0.4, -0.2) is 34.5 Å². The highest BCUT2D eigenvalue weighted by Crippen LogP contribution is 2.47. The zero-order chi connectivity index (χ0) is 28.0. The topological polar surface area (TPSA) is 75.5 Å². The number of carbonyl (C=O) groups excluding carboxylic acids is 1. The lowest BCUT2D eigenvalue weighted by Gasteiger charge is -2.20. The first-order chi connectivity index (χ1) is 19.2. The van der Waals surface area contributed by atoms with Crippen molar-refractivity contribution in [2.75, 3.05) is 13.7 Å². The summed E-state index contributed by atoms with van der Waals surface area (Å²) in [6, 6.07) is 15.0. The minimum absolute atomic E-state index is 0.0907. The largest absolute Gasteiger partial charge is 0.492 e. The molecule has 0 bridgehead atoms. The number of halogens is 3. The van der Waals surface area contributed by atoms with E-state index in [9.17, 15) is 18.0 Å². The van der Waals surface area contributed by atoms with Crippen molar-refractivity contribution in [2.45, 2.75) is 44.4 Å². The van der Waals surface area contributed by atoms with E-state index in [4.69, 9.17) is 14.2 Å². The van der Waals surface area contributed by atoms with Crippen LogP contribution >= 0.6 is 0 Å². The van der Waals surface area contributed by atoms with Gasteiger partial charge in [-0.25, -0.2) is 9.67 Å². The Labute approximate surface area is 228 Å². The number of ether oxygens (including phenoxy) is 3. The van der Waals surface area contributed by atoms with Gasteiger partial charge < -0.3 is 14.2 Å². The Morgan fingerprint density at radius 1 is 1.10 bits per heavy atom. The average Bonchev–Trinajstić information content (AvgIpc) is 3.66. The lowest BCUT2D eigenvalue weighted by molar-refractivity contribution is -0.141. The molecule has 1 aromatic heterocycles. The van der Waals surface area contributed by atoms with E-state index in [-0.39, 0.29) is 23.9 Å². The maximum Gasteiger partial charge on any atom is 0.417 e. The molecular weight excluding hydrogens is 523 g/mol. The van der Waals surface area contributed by atoms with Crippen molar-refractivity contribution in [1.82, 2.24) is 14.8 Å². The quantitative estimate of drug-likeness (QED) is 0.260. The molecule has 0 fully saturated rings. The van der Waals surface area contributed by atoms with Crippen molar-refractivity contribution in [2.24, 2.45) is 0 Å². The van der Waals surface area contributed by atoms with E-state index in [0.29, 0.717) is 53.6 Å². The molecule has 0 radical (unpaired) electrons. The van der Waals surface area contributed by atoms with Gasteiger partial charge in [0.2, 0.25) is 0 Å². The van der Waals surface area contributed by atoms with Crippen LogP contribution in [0.15, 0.2) is 60.9 Å². The number of methoxy groups -OCH3 is 1. The average molecular weight is 550 g/mol. The molecule has 206 valence electrons. The lowest BCUT2D eigenvalue weighted by Crippen LogP contribution is -2.10. The number of esters is 1. The van der Waals surface area contributed by atoms with Gasteiger partial charge >= 0.3 is 12.1 Å². The molecule has 0 spiro atoms. The van der Waals surface area contributed by atoms with E-state index in [0.717, 1.165) is 17.2 Å². The molecule has 6 rings (SSSR count). The van der Waals surface area contributed by atoms with Gasteiger partial charge in [0.25, 0.3) is 0 Å². The second-order valence-electron chi connectivity index (χ2n) is 9.97. The Balaban J connectivity index is 1.30. The number of carbonyl (C=O) groups is 1. The molecule has 0 N–H and O–H groups in total. The Morgan fingerprint density at radius 3 is 2.58 bits per heavy atom. The van der Waals surface area contributed by atoms with Crippen LogP contribution in [0.4, 0.5) is 13.2 Å². The van der Waals surface area contributed by atoms with Crippen molar-refractivity contribution >= 4 is 5.97 Å². The summed E-state index contributed by atoms with van der Waals surface area (Å²) in [5.41, 5.74) is 2.99. The van der Waals surface area contributed by atoms with Gasteiger partial charge in [0, 0.05) is 17.5 Å². The van der Waals surface area contributed by atoms with Crippen LogP contribution in [0.1, 0.15) is 52.9 Å². The summed E-state index contributed by atoms with van der Waals surface area (Å²) in [6.07, 6.45) is -2.13. The SMILES string of the molecule is COC(=O)CC1COc2cc(O[C@@H]3CCc4c3ccc(C(F)(F)F)c4-c3ccc(-n4cnc(C)n4)cc3)ccc21. The van der Waals surface area contributed by atoms with Gasteiger partial charge in [0.15, 0.2) is 0 Å². The summed E-state index contributed by atoms with van der Waals surface area (Å²) in [4.78, 5) is 15.8. The first kappa shape index (κ1) is 25.9. The maximum atomic E-state index is 14.2. The predicted molar refractivity (Wildman–Crippen MR) is 140 cm³/mol. The van der Waals surface area contributed by atoms with Gasteiger partial charge in [-0.2, -0.15) is 18.3 Å². The van der Waals surface area contributed by atoms with Crippen LogP contribution < -0.4 is 9.47 Å². The minimum atomic E-state index is -4.51. The van der Waals surface area contributed by atoms with Crippen LogP contribution in [0, 0.1) is 6.92 Å². The number of aromatic nitrogens is 3. The lowest BCUT2D eigenvalue weighted by atomic mass is 9.91. The van der Waals surface area contributed by atoms with Crippen LogP contribution in [0.5, 0.6) is 11.5 Å². The molecule has 1 aliphatic carbocycles. The Bertz CT molecular complexity index is 1580. The Morgan fingerprint density at radius 2 is 1.88 bits per heavy atom. The van der Waals surface area contributed by atoms with E-state index >= 15 is 0 Å². The second-order valence-corrected chi connectivity index (χ2v) is 9.97. The first-order valence-corrected chi connectivity index (χ1v) is 12.9. The zero-order valence-electron chi connectivity index (χ0n) is 21.9.